The van der Waals surface area contributed by atoms with Gasteiger partial charge in [0, 0.05) is 30.7 Å². The van der Waals surface area contributed by atoms with Gasteiger partial charge in [0.1, 0.15) is 17.2 Å². The summed E-state index contributed by atoms with van der Waals surface area (Å²) >= 11 is 1.44. The highest BCUT2D eigenvalue weighted by atomic mass is 32.1. The van der Waals surface area contributed by atoms with Gasteiger partial charge in [0.05, 0.1) is 0 Å². The van der Waals surface area contributed by atoms with Gasteiger partial charge in [0.25, 0.3) is 0 Å². The van der Waals surface area contributed by atoms with E-state index in [0.717, 1.165) is 16.0 Å². The first kappa shape index (κ1) is 21.4. The summed E-state index contributed by atoms with van der Waals surface area (Å²) in [5.74, 6) is -0.400. The van der Waals surface area contributed by atoms with Crippen molar-refractivity contribution in [2.45, 2.75) is 25.3 Å². The van der Waals surface area contributed by atoms with Crippen LogP contribution in [0.3, 0.4) is 0 Å². The zero-order chi connectivity index (χ0) is 22.0. The largest absolute Gasteiger partial charge is 0.324 e. The molecule has 0 atom stereocenters. The van der Waals surface area contributed by atoms with Crippen molar-refractivity contribution in [2.75, 3.05) is 25.0 Å². The molecule has 3 aromatic rings. The Hall–Kier alpha value is -2.84. The van der Waals surface area contributed by atoms with Gasteiger partial charge in [-0.1, -0.05) is 38.1 Å². The van der Waals surface area contributed by atoms with Crippen LogP contribution in [-0.4, -0.2) is 35.5 Å². The summed E-state index contributed by atoms with van der Waals surface area (Å²) in [5, 5.41) is 6.80. The Kier molecular flexibility index (Phi) is 6.02. The molecule has 1 fully saturated rings. The Morgan fingerprint density at radius 2 is 1.68 bits per heavy atom. The van der Waals surface area contributed by atoms with E-state index in [-0.39, 0.29) is 17.7 Å². The van der Waals surface area contributed by atoms with Crippen molar-refractivity contribution in [1.29, 1.82) is 0 Å². The number of piperazine rings is 1. The monoisotopic (exact) mass is 442 g/mol. The molecule has 5 nitrogen and oxygen atoms in total. The predicted molar refractivity (Wildman–Crippen MR) is 118 cm³/mol. The van der Waals surface area contributed by atoms with E-state index in [0.29, 0.717) is 30.7 Å². The van der Waals surface area contributed by atoms with Gasteiger partial charge in [-0.2, -0.15) is 0 Å². The lowest BCUT2D eigenvalue weighted by Crippen LogP contribution is -2.62. The average molecular weight is 443 g/mol. The Balaban J connectivity index is 1.76. The molecule has 8 heteroatoms. The van der Waals surface area contributed by atoms with Crippen LogP contribution in [0.5, 0.6) is 0 Å². The highest BCUT2D eigenvalue weighted by Gasteiger charge is 2.45. The summed E-state index contributed by atoms with van der Waals surface area (Å²) in [5.41, 5.74) is 0.553. The van der Waals surface area contributed by atoms with E-state index in [1.807, 2.05) is 0 Å². The molecule has 2 N–H and O–H groups in total. The molecule has 2 aromatic carbocycles. The molecule has 1 saturated heterocycles. The summed E-state index contributed by atoms with van der Waals surface area (Å²) in [7, 11) is 0. The maximum atomic E-state index is 13.7. The molecule has 1 aliphatic heterocycles. The van der Waals surface area contributed by atoms with Crippen LogP contribution in [0, 0.1) is 11.6 Å². The molecule has 2 amide bonds. The van der Waals surface area contributed by atoms with Crippen LogP contribution in [0.15, 0.2) is 54.7 Å². The van der Waals surface area contributed by atoms with E-state index in [1.54, 1.807) is 35.4 Å². The first-order valence-electron chi connectivity index (χ1n) is 10.2. The molecule has 4 rings (SSSR count). The number of hydrogen-bond donors (Lipinski definition) is 2. The molecule has 0 aliphatic carbocycles. The number of urea groups is 1. The first-order valence-corrected chi connectivity index (χ1v) is 11.0. The molecule has 0 radical (unpaired) electrons. The molecule has 162 valence electrons. The van der Waals surface area contributed by atoms with Crippen LogP contribution in [0.2, 0.25) is 0 Å². The Morgan fingerprint density at radius 1 is 1.10 bits per heavy atom. The van der Waals surface area contributed by atoms with Crippen LogP contribution in [-0.2, 0) is 5.54 Å². The molecule has 2 heterocycles. The van der Waals surface area contributed by atoms with Gasteiger partial charge >= 0.3 is 6.03 Å². The number of nitrogens with one attached hydrogen (secondary N) is 2. The highest BCUT2D eigenvalue weighted by molar-refractivity contribution is 7.15. The van der Waals surface area contributed by atoms with Gasteiger partial charge in [-0.25, -0.2) is 18.6 Å². The van der Waals surface area contributed by atoms with Gasteiger partial charge in [0.15, 0.2) is 5.13 Å². The van der Waals surface area contributed by atoms with Gasteiger partial charge in [-0.15, -0.1) is 11.3 Å². The van der Waals surface area contributed by atoms with E-state index in [9.17, 15) is 13.6 Å². The molecule has 31 heavy (non-hydrogen) atoms. The lowest BCUT2D eigenvalue weighted by molar-refractivity contribution is 0.123. The van der Waals surface area contributed by atoms with E-state index < -0.39 is 5.54 Å². The van der Waals surface area contributed by atoms with Crippen LogP contribution in [0.25, 0.3) is 0 Å². The number of benzene rings is 2. The zero-order valence-electron chi connectivity index (χ0n) is 17.4. The maximum Gasteiger partial charge on any atom is 0.324 e. The van der Waals surface area contributed by atoms with E-state index in [2.05, 4.69) is 29.5 Å². The highest BCUT2D eigenvalue weighted by Crippen LogP contribution is 2.38. The van der Waals surface area contributed by atoms with Crippen LogP contribution in [0.1, 0.15) is 35.8 Å². The van der Waals surface area contributed by atoms with Crippen LogP contribution in [0.4, 0.5) is 18.7 Å². The van der Waals surface area contributed by atoms with Crippen molar-refractivity contribution in [1.82, 2.24) is 15.2 Å². The first-order chi connectivity index (χ1) is 14.9. The number of amides is 2. The molecule has 0 unspecified atom stereocenters. The number of carbonyl (C=O) groups is 1. The summed E-state index contributed by atoms with van der Waals surface area (Å²) in [4.78, 5) is 20.6. The van der Waals surface area contributed by atoms with Gasteiger partial charge < -0.3 is 10.2 Å². The normalized spacial score (nSPS) is 15.8. The van der Waals surface area contributed by atoms with Crippen molar-refractivity contribution in [2.24, 2.45) is 0 Å². The second kappa shape index (κ2) is 8.72. The van der Waals surface area contributed by atoms with Gasteiger partial charge in [0.2, 0.25) is 0 Å². The van der Waals surface area contributed by atoms with E-state index in [1.165, 1.54) is 35.6 Å². The fourth-order valence-electron chi connectivity index (χ4n) is 3.93. The fraction of sp³-hybridized carbons (Fsp3) is 0.304. The molecule has 0 saturated carbocycles. The average Bonchev–Trinajstić information content (AvgIpc) is 3.23. The number of carbonyl (C=O) groups excluding carboxylic acids is 1. The Morgan fingerprint density at radius 3 is 2.19 bits per heavy atom. The van der Waals surface area contributed by atoms with E-state index in [4.69, 9.17) is 0 Å². The molecule has 0 bridgehead atoms. The Labute approximate surface area is 184 Å². The van der Waals surface area contributed by atoms with E-state index >= 15 is 0 Å². The molecular formula is C23H24F2N4OS. The minimum absolute atomic E-state index is 0.306. The minimum atomic E-state index is -0.929. The van der Waals surface area contributed by atoms with Crippen molar-refractivity contribution in [3.63, 3.8) is 0 Å². The van der Waals surface area contributed by atoms with Crippen molar-refractivity contribution >= 4 is 22.5 Å². The Bertz CT molecular complexity index is 1000. The van der Waals surface area contributed by atoms with Gasteiger partial charge in [-0.3, -0.25) is 5.32 Å². The standard InChI is InChI=1S/C23H24F2N4OS/c1-15(2)20-13-27-21(31-20)28-22(30)29-12-11-26-14-23(29,16-3-7-18(24)8-4-16)17-5-9-19(25)10-6-17/h3-10,13,15,26H,11-12,14H2,1-2H3,(H,27,28,30). The molecular weight excluding hydrogens is 418 g/mol. The minimum Gasteiger partial charge on any atom is -0.312 e. The van der Waals surface area contributed by atoms with Crippen LogP contribution >= 0.6 is 11.3 Å². The molecule has 0 spiro atoms. The van der Waals surface area contributed by atoms with Crippen molar-refractivity contribution in [3.05, 3.63) is 82.4 Å². The SMILES string of the molecule is CC(C)c1cnc(NC(=O)N2CCNCC2(c2ccc(F)cc2)c2ccc(F)cc2)s1. The number of hydrogen-bond acceptors (Lipinski definition) is 4. The topological polar surface area (TPSA) is 57.3 Å². The summed E-state index contributed by atoms with van der Waals surface area (Å²) in [6.45, 7) is 5.58. The number of rotatable bonds is 4. The molecule has 1 aromatic heterocycles. The smallest absolute Gasteiger partial charge is 0.312 e. The van der Waals surface area contributed by atoms with Crippen LogP contribution < -0.4 is 10.6 Å². The lowest BCUT2D eigenvalue weighted by atomic mass is 9.80. The third-order valence-corrected chi connectivity index (χ3v) is 6.76. The molecule has 1 aliphatic rings. The van der Waals surface area contributed by atoms with Gasteiger partial charge in [-0.05, 0) is 41.3 Å². The number of aromatic nitrogens is 1. The predicted octanol–water partition coefficient (Wildman–Crippen LogP) is 4.93. The number of halogens is 2. The number of nitrogens with zero attached hydrogens (tertiary/aromatic N) is 2. The second-order valence-electron chi connectivity index (χ2n) is 7.86. The summed E-state index contributed by atoms with van der Waals surface area (Å²) in [6, 6.07) is 11.9. The number of anilines is 1. The second-order valence-corrected chi connectivity index (χ2v) is 8.92. The third kappa shape index (κ3) is 4.18. The maximum absolute atomic E-state index is 13.7. The fourth-order valence-corrected chi connectivity index (χ4v) is 4.73. The van der Waals surface area contributed by atoms with Crippen molar-refractivity contribution < 1.29 is 13.6 Å². The third-order valence-electron chi connectivity index (χ3n) is 5.55. The quantitative estimate of drug-likeness (QED) is 0.603. The summed E-state index contributed by atoms with van der Waals surface area (Å²) in [6.07, 6.45) is 1.77. The number of thiazole rings is 1. The lowest BCUT2D eigenvalue weighted by Gasteiger charge is -2.48. The zero-order valence-corrected chi connectivity index (χ0v) is 18.2. The summed E-state index contributed by atoms with van der Waals surface area (Å²) < 4.78 is 27.4. The van der Waals surface area contributed by atoms with Crippen molar-refractivity contribution in [3.8, 4) is 0 Å².